The minimum atomic E-state index is -0.493. The third-order valence-corrected chi connectivity index (χ3v) is 7.08. The first kappa shape index (κ1) is 24.9. The van der Waals surface area contributed by atoms with Crippen LogP contribution in [0.3, 0.4) is 0 Å². The van der Waals surface area contributed by atoms with Gasteiger partial charge in [0.1, 0.15) is 13.2 Å². The number of imide groups is 1. The third-order valence-electron chi connectivity index (χ3n) is 5.58. The van der Waals surface area contributed by atoms with Crippen molar-refractivity contribution in [3.05, 3.63) is 62.5 Å². The molecule has 1 fully saturated rings. The predicted octanol–water partition coefficient (Wildman–Crippen LogP) is 4.48. The molecule has 0 atom stereocenters. The van der Waals surface area contributed by atoms with Crippen LogP contribution in [-0.4, -0.2) is 53.2 Å². The van der Waals surface area contributed by atoms with E-state index in [0.717, 1.165) is 28.6 Å². The van der Waals surface area contributed by atoms with Crippen molar-refractivity contribution >= 4 is 50.8 Å². The summed E-state index contributed by atoms with van der Waals surface area (Å²) in [5, 5.41) is -0.468. The third kappa shape index (κ3) is 5.55. The van der Waals surface area contributed by atoms with Gasteiger partial charge in [0.05, 0.1) is 16.0 Å². The van der Waals surface area contributed by atoms with Crippen LogP contribution >= 0.6 is 27.7 Å². The van der Waals surface area contributed by atoms with Crippen molar-refractivity contribution in [3.8, 4) is 23.8 Å². The lowest BCUT2D eigenvalue weighted by Crippen LogP contribution is -2.44. The molecule has 2 aromatic rings. The SMILES string of the molecule is C#CCOc1c(Br)cc(/C=C2\SC(=O)N(CC(=O)N3CCc4ccccc4C3)C2=O)cc1OCC. The Morgan fingerprint density at radius 1 is 1.23 bits per heavy atom. The molecule has 1 saturated heterocycles. The monoisotopic (exact) mass is 554 g/mol. The predicted molar refractivity (Wildman–Crippen MR) is 138 cm³/mol. The Bertz CT molecular complexity index is 1250. The van der Waals surface area contributed by atoms with Gasteiger partial charge in [-0.1, -0.05) is 30.2 Å². The number of amides is 3. The summed E-state index contributed by atoms with van der Waals surface area (Å²) in [5.74, 6) is 2.59. The van der Waals surface area contributed by atoms with Gasteiger partial charge in [0.15, 0.2) is 11.5 Å². The van der Waals surface area contributed by atoms with Crippen LogP contribution in [0.2, 0.25) is 0 Å². The summed E-state index contributed by atoms with van der Waals surface area (Å²) in [7, 11) is 0. The number of ether oxygens (including phenoxy) is 2. The van der Waals surface area contributed by atoms with Crippen LogP contribution < -0.4 is 9.47 Å². The molecule has 35 heavy (non-hydrogen) atoms. The van der Waals surface area contributed by atoms with E-state index in [-0.39, 0.29) is 24.0 Å². The number of benzene rings is 2. The maximum Gasteiger partial charge on any atom is 0.294 e. The summed E-state index contributed by atoms with van der Waals surface area (Å²) in [6.07, 6.45) is 7.64. The Balaban J connectivity index is 1.49. The number of halogens is 1. The van der Waals surface area contributed by atoms with Crippen LogP contribution in [-0.2, 0) is 22.6 Å². The minimum Gasteiger partial charge on any atom is -0.490 e. The molecule has 3 amide bonds. The summed E-state index contributed by atoms with van der Waals surface area (Å²) in [4.78, 5) is 41.4. The molecule has 2 aliphatic rings. The number of nitrogens with zero attached hydrogens (tertiary/aromatic N) is 2. The lowest BCUT2D eigenvalue weighted by molar-refractivity contribution is -0.136. The molecule has 2 aromatic carbocycles. The second-order valence-corrected chi connectivity index (χ2v) is 9.71. The number of thioether (sulfide) groups is 1. The van der Waals surface area contributed by atoms with Gasteiger partial charge in [-0.2, -0.15) is 0 Å². The Morgan fingerprint density at radius 2 is 2.00 bits per heavy atom. The molecular weight excluding hydrogens is 532 g/mol. The molecule has 0 bridgehead atoms. The Kier molecular flexibility index (Phi) is 7.83. The van der Waals surface area contributed by atoms with Crippen molar-refractivity contribution in [3.63, 3.8) is 0 Å². The molecule has 2 aliphatic heterocycles. The fourth-order valence-electron chi connectivity index (χ4n) is 3.92. The van der Waals surface area contributed by atoms with Crippen LogP contribution in [0.1, 0.15) is 23.6 Å². The van der Waals surface area contributed by atoms with Crippen molar-refractivity contribution in [1.82, 2.24) is 9.80 Å². The van der Waals surface area contributed by atoms with E-state index in [2.05, 4.69) is 27.9 Å². The highest BCUT2D eigenvalue weighted by atomic mass is 79.9. The van der Waals surface area contributed by atoms with Crippen molar-refractivity contribution < 1.29 is 23.9 Å². The average Bonchev–Trinajstić information content (AvgIpc) is 3.10. The number of hydrogen-bond donors (Lipinski definition) is 0. The second-order valence-electron chi connectivity index (χ2n) is 7.86. The highest BCUT2D eigenvalue weighted by Gasteiger charge is 2.37. The molecule has 0 N–H and O–H groups in total. The maximum absolute atomic E-state index is 13.0. The normalized spacial score (nSPS) is 16.3. The number of terminal acetylenes is 1. The zero-order valence-corrected chi connectivity index (χ0v) is 21.5. The molecule has 9 heteroatoms. The Labute approximate surface area is 216 Å². The van der Waals surface area contributed by atoms with E-state index < -0.39 is 11.1 Å². The summed E-state index contributed by atoms with van der Waals surface area (Å²) < 4.78 is 11.8. The van der Waals surface area contributed by atoms with Crippen LogP contribution in [0.5, 0.6) is 11.5 Å². The zero-order valence-electron chi connectivity index (χ0n) is 19.1. The van der Waals surface area contributed by atoms with Crippen molar-refractivity contribution in [2.45, 2.75) is 19.9 Å². The zero-order chi connectivity index (χ0) is 24.9. The van der Waals surface area contributed by atoms with Gasteiger partial charge in [-0.25, -0.2) is 0 Å². The molecule has 0 radical (unpaired) electrons. The van der Waals surface area contributed by atoms with Crippen molar-refractivity contribution in [2.75, 3.05) is 26.3 Å². The standard InChI is InChI=1S/C26H23BrN2O5S/c1-3-11-34-24-20(27)12-17(13-21(24)33-4-2)14-22-25(31)29(26(32)35-22)16-23(30)28-10-9-18-7-5-6-8-19(18)15-28/h1,5-8,12-14H,4,9-11,15-16H2,2H3/b22-14-. The van der Waals surface area contributed by atoms with Crippen LogP contribution in [0.4, 0.5) is 4.79 Å². The highest BCUT2D eigenvalue weighted by molar-refractivity contribution is 9.10. The number of hydrogen-bond acceptors (Lipinski definition) is 6. The van der Waals surface area contributed by atoms with E-state index in [1.807, 2.05) is 25.1 Å². The van der Waals surface area contributed by atoms with E-state index in [0.29, 0.717) is 41.2 Å². The highest BCUT2D eigenvalue weighted by Crippen LogP contribution is 2.39. The first-order valence-electron chi connectivity index (χ1n) is 11.0. The molecule has 2 heterocycles. The van der Waals surface area contributed by atoms with Gasteiger partial charge in [0.2, 0.25) is 5.91 Å². The summed E-state index contributed by atoms with van der Waals surface area (Å²) in [6, 6.07) is 11.4. The molecule has 0 saturated carbocycles. The van der Waals surface area contributed by atoms with Gasteiger partial charge in [-0.05, 0) is 75.9 Å². The number of carbonyl (C=O) groups excluding carboxylic acids is 3. The molecule has 7 nitrogen and oxygen atoms in total. The Hall–Kier alpha value is -3.22. The lowest BCUT2D eigenvalue weighted by Gasteiger charge is -2.29. The van der Waals surface area contributed by atoms with E-state index in [9.17, 15) is 14.4 Å². The molecular formula is C26H23BrN2O5S. The van der Waals surface area contributed by atoms with E-state index >= 15 is 0 Å². The van der Waals surface area contributed by atoms with Gasteiger partial charge in [-0.3, -0.25) is 19.3 Å². The van der Waals surface area contributed by atoms with Crippen LogP contribution in [0.25, 0.3) is 6.08 Å². The lowest BCUT2D eigenvalue weighted by atomic mass is 10.00. The maximum atomic E-state index is 13.0. The van der Waals surface area contributed by atoms with Gasteiger partial charge in [0, 0.05) is 13.1 Å². The van der Waals surface area contributed by atoms with Gasteiger partial charge in [-0.15, -0.1) is 6.42 Å². The number of fused-ring (bicyclic) bond motifs is 1. The number of carbonyl (C=O) groups is 3. The molecule has 0 unspecified atom stereocenters. The second kappa shape index (κ2) is 11.0. The summed E-state index contributed by atoms with van der Waals surface area (Å²) in [6.45, 7) is 3.08. The summed E-state index contributed by atoms with van der Waals surface area (Å²) in [5.41, 5.74) is 2.95. The summed E-state index contributed by atoms with van der Waals surface area (Å²) >= 11 is 4.26. The minimum absolute atomic E-state index is 0.0769. The average molecular weight is 555 g/mol. The van der Waals surface area contributed by atoms with Gasteiger partial charge < -0.3 is 14.4 Å². The Morgan fingerprint density at radius 3 is 2.74 bits per heavy atom. The van der Waals surface area contributed by atoms with Gasteiger partial charge >= 0.3 is 0 Å². The fourth-order valence-corrected chi connectivity index (χ4v) is 5.33. The molecule has 0 aromatic heterocycles. The first-order chi connectivity index (χ1) is 16.9. The smallest absolute Gasteiger partial charge is 0.294 e. The van der Waals surface area contributed by atoms with E-state index in [1.54, 1.807) is 23.1 Å². The largest absolute Gasteiger partial charge is 0.490 e. The van der Waals surface area contributed by atoms with Crippen molar-refractivity contribution in [2.24, 2.45) is 0 Å². The van der Waals surface area contributed by atoms with Gasteiger partial charge in [0.25, 0.3) is 11.1 Å². The number of rotatable bonds is 7. The quantitative estimate of drug-likeness (QED) is 0.371. The molecule has 0 aliphatic carbocycles. The van der Waals surface area contributed by atoms with E-state index in [1.165, 1.54) is 5.56 Å². The molecule has 4 rings (SSSR count). The van der Waals surface area contributed by atoms with E-state index in [4.69, 9.17) is 15.9 Å². The van der Waals surface area contributed by atoms with Crippen LogP contribution in [0.15, 0.2) is 45.8 Å². The first-order valence-corrected chi connectivity index (χ1v) is 12.6. The van der Waals surface area contributed by atoms with Crippen LogP contribution in [0, 0.1) is 12.3 Å². The van der Waals surface area contributed by atoms with Crippen molar-refractivity contribution in [1.29, 1.82) is 0 Å². The fraction of sp³-hybridized carbons (Fsp3) is 0.269. The molecule has 180 valence electrons. The molecule has 0 spiro atoms. The topological polar surface area (TPSA) is 76.2 Å².